The second kappa shape index (κ2) is 4.28. The van der Waals surface area contributed by atoms with Gasteiger partial charge in [-0.1, -0.05) is 6.42 Å². The summed E-state index contributed by atoms with van der Waals surface area (Å²) in [5.74, 6) is 0. The first-order valence-electron chi connectivity index (χ1n) is 4.53. The van der Waals surface area contributed by atoms with Crippen LogP contribution in [0.1, 0.15) is 25.7 Å². The lowest BCUT2D eigenvalue weighted by atomic mass is 9.92. The van der Waals surface area contributed by atoms with Crippen LogP contribution in [0.2, 0.25) is 0 Å². The Morgan fingerprint density at radius 3 is 2.54 bits per heavy atom. The van der Waals surface area contributed by atoms with Crippen LogP contribution < -0.4 is 11.1 Å². The van der Waals surface area contributed by atoms with Crippen LogP contribution in [0.4, 0.5) is 13.2 Å². The molecule has 0 aromatic rings. The molecule has 0 amide bonds. The first kappa shape index (κ1) is 10.8. The molecular weight excluding hydrogens is 181 g/mol. The van der Waals surface area contributed by atoms with Gasteiger partial charge in [-0.3, -0.25) is 0 Å². The molecule has 0 heterocycles. The van der Waals surface area contributed by atoms with Gasteiger partial charge in [-0.15, -0.1) is 0 Å². The second-order valence-corrected chi connectivity index (χ2v) is 3.62. The highest BCUT2D eigenvalue weighted by Gasteiger charge is 2.29. The normalized spacial score (nSPS) is 30.5. The van der Waals surface area contributed by atoms with Gasteiger partial charge in [-0.25, -0.2) is 0 Å². The Morgan fingerprint density at radius 2 is 2.00 bits per heavy atom. The summed E-state index contributed by atoms with van der Waals surface area (Å²) < 4.78 is 35.4. The first-order chi connectivity index (χ1) is 5.97. The predicted octanol–water partition coefficient (Wildman–Crippen LogP) is 1.41. The standard InChI is InChI=1S/C8H15F3N2/c9-8(10,11)5-13-7-3-1-2-6(12)4-7/h6-7,13H,1-5,12H2. The monoisotopic (exact) mass is 196 g/mol. The molecule has 1 aliphatic carbocycles. The van der Waals surface area contributed by atoms with E-state index in [1.54, 1.807) is 0 Å². The summed E-state index contributed by atoms with van der Waals surface area (Å²) in [5.41, 5.74) is 5.64. The minimum Gasteiger partial charge on any atom is -0.328 e. The number of alkyl halides is 3. The summed E-state index contributed by atoms with van der Waals surface area (Å²) in [4.78, 5) is 0. The highest BCUT2D eigenvalue weighted by Crippen LogP contribution is 2.19. The fourth-order valence-corrected chi connectivity index (χ4v) is 1.67. The highest BCUT2D eigenvalue weighted by molar-refractivity contribution is 4.80. The number of halogens is 3. The fraction of sp³-hybridized carbons (Fsp3) is 1.00. The van der Waals surface area contributed by atoms with Gasteiger partial charge in [-0.05, 0) is 19.3 Å². The molecule has 2 atom stereocenters. The molecule has 1 rings (SSSR count). The summed E-state index contributed by atoms with van der Waals surface area (Å²) in [6.07, 6.45) is -0.776. The molecule has 2 nitrogen and oxygen atoms in total. The molecule has 1 fully saturated rings. The molecule has 1 saturated carbocycles. The maximum atomic E-state index is 11.8. The van der Waals surface area contributed by atoms with Crippen LogP contribution in [0, 0.1) is 0 Å². The minimum absolute atomic E-state index is 0.0506. The highest BCUT2D eigenvalue weighted by atomic mass is 19.4. The molecular formula is C8H15F3N2. The van der Waals surface area contributed by atoms with Crippen molar-refractivity contribution in [2.45, 2.75) is 43.9 Å². The van der Waals surface area contributed by atoms with E-state index < -0.39 is 12.7 Å². The molecule has 13 heavy (non-hydrogen) atoms. The molecule has 1 aliphatic rings. The molecule has 78 valence electrons. The van der Waals surface area contributed by atoms with Gasteiger partial charge in [0.2, 0.25) is 0 Å². The topological polar surface area (TPSA) is 38.0 Å². The van der Waals surface area contributed by atoms with Crippen LogP contribution in [0.15, 0.2) is 0 Å². The van der Waals surface area contributed by atoms with E-state index in [4.69, 9.17) is 5.73 Å². The van der Waals surface area contributed by atoms with E-state index in [-0.39, 0.29) is 12.1 Å². The molecule has 0 aromatic heterocycles. The second-order valence-electron chi connectivity index (χ2n) is 3.62. The molecule has 0 saturated heterocycles. The van der Waals surface area contributed by atoms with Gasteiger partial charge in [-0.2, -0.15) is 13.2 Å². The lowest BCUT2D eigenvalue weighted by Gasteiger charge is -2.27. The van der Waals surface area contributed by atoms with Crippen LogP contribution in [0.25, 0.3) is 0 Å². The third-order valence-corrected chi connectivity index (χ3v) is 2.31. The van der Waals surface area contributed by atoms with Crippen molar-refractivity contribution in [3.8, 4) is 0 Å². The molecule has 0 spiro atoms. The van der Waals surface area contributed by atoms with Gasteiger partial charge >= 0.3 is 6.18 Å². The van der Waals surface area contributed by atoms with Gasteiger partial charge in [0.1, 0.15) is 0 Å². The van der Waals surface area contributed by atoms with Gasteiger partial charge in [0.05, 0.1) is 6.54 Å². The zero-order valence-corrected chi connectivity index (χ0v) is 7.40. The fourth-order valence-electron chi connectivity index (χ4n) is 1.67. The largest absolute Gasteiger partial charge is 0.401 e. The smallest absolute Gasteiger partial charge is 0.328 e. The average molecular weight is 196 g/mol. The van der Waals surface area contributed by atoms with E-state index in [0.717, 1.165) is 19.3 Å². The van der Waals surface area contributed by atoms with Gasteiger partial charge in [0.15, 0.2) is 0 Å². The predicted molar refractivity (Wildman–Crippen MR) is 44.3 cm³/mol. The van der Waals surface area contributed by atoms with Gasteiger partial charge in [0.25, 0.3) is 0 Å². The Hall–Kier alpha value is -0.290. The van der Waals surface area contributed by atoms with Crippen LogP contribution in [0.3, 0.4) is 0 Å². The van der Waals surface area contributed by atoms with Crippen LogP contribution in [0.5, 0.6) is 0 Å². The van der Waals surface area contributed by atoms with Gasteiger partial charge in [0, 0.05) is 12.1 Å². The summed E-state index contributed by atoms with van der Waals surface area (Å²) >= 11 is 0. The number of nitrogens with two attached hydrogens (primary N) is 1. The van der Waals surface area contributed by atoms with Crippen molar-refractivity contribution in [2.24, 2.45) is 5.73 Å². The zero-order chi connectivity index (χ0) is 9.90. The van der Waals surface area contributed by atoms with Crippen molar-refractivity contribution in [2.75, 3.05) is 6.54 Å². The van der Waals surface area contributed by atoms with E-state index in [9.17, 15) is 13.2 Å². The van der Waals surface area contributed by atoms with Crippen molar-refractivity contribution >= 4 is 0 Å². The van der Waals surface area contributed by atoms with Crippen molar-refractivity contribution in [3.63, 3.8) is 0 Å². The lowest BCUT2D eigenvalue weighted by Crippen LogP contribution is -2.43. The number of rotatable bonds is 2. The molecule has 0 aliphatic heterocycles. The molecule has 5 heteroatoms. The Morgan fingerprint density at radius 1 is 1.31 bits per heavy atom. The van der Waals surface area contributed by atoms with E-state index in [1.807, 2.05) is 0 Å². The third kappa shape index (κ3) is 4.47. The quantitative estimate of drug-likeness (QED) is 0.700. The third-order valence-electron chi connectivity index (χ3n) is 2.31. The lowest BCUT2D eigenvalue weighted by molar-refractivity contribution is -0.126. The maximum absolute atomic E-state index is 11.8. The Balaban J connectivity index is 2.21. The molecule has 0 aromatic carbocycles. The van der Waals surface area contributed by atoms with E-state index in [0.29, 0.717) is 6.42 Å². The Kier molecular flexibility index (Phi) is 3.55. The maximum Gasteiger partial charge on any atom is 0.401 e. The van der Waals surface area contributed by atoms with Crippen molar-refractivity contribution in [1.29, 1.82) is 0 Å². The first-order valence-corrected chi connectivity index (χ1v) is 4.53. The molecule has 3 N–H and O–H groups in total. The molecule has 0 radical (unpaired) electrons. The molecule has 2 unspecified atom stereocenters. The zero-order valence-electron chi connectivity index (χ0n) is 7.40. The van der Waals surface area contributed by atoms with Crippen LogP contribution >= 0.6 is 0 Å². The Labute approximate surface area is 75.7 Å². The SMILES string of the molecule is NC1CCCC(NCC(F)(F)F)C1. The summed E-state index contributed by atoms with van der Waals surface area (Å²) in [6.45, 7) is -0.898. The number of nitrogens with one attached hydrogen (secondary N) is 1. The number of hydrogen-bond donors (Lipinski definition) is 2. The van der Waals surface area contributed by atoms with E-state index in [2.05, 4.69) is 5.32 Å². The average Bonchev–Trinajstić information content (AvgIpc) is 2.00. The summed E-state index contributed by atoms with van der Waals surface area (Å²) in [5, 5.41) is 2.49. The summed E-state index contributed by atoms with van der Waals surface area (Å²) in [6, 6.07) is 0.0184. The van der Waals surface area contributed by atoms with Crippen LogP contribution in [-0.4, -0.2) is 24.8 Å². The minimum atomic E-state index is -4.11. The van der Waals surface area contributed by atoms with Crippen molar-refractivity contribution < 1.29 is 13.2 Å². The van der Waals surface area contributed by atoms with Crippen molar-refractivity contribution in [3.05, 3.63) is 0 Å². The molecule has 0 bridgehead atoms. The van der Waals surface area contributed by atoms with E-state index in [1.165, 1.54) is 0 Å². The Bertz CT molecular complexity index is 158. The number of hydrogen-bond acceptors (Lipinski definition) is 2. The van der Waals surface area contributed by atoms with Gasteiger partial charge < -0.3 is 11.1 Å². The van der Waals surface area contributed by atoms with E-state index >= 15 is 0 Å². The van der Waals surface area contributed by atoms with Crippen LogP contribution in [-0.2, 0) is 0 Å². The van der Waals surface area contributed by atoms with Crippen molar-refractivity contribution in [1.82, 2.24) is 5.32 Å². The summed E-state index contributed by atoms with van der Waals surface area (Å²) in [7, 11) is 0.